The summed E-state index contributed by atoms with van der Waals surface area (Å²) < 4.78 is 41.7. The highest BCUT2D eigenvalue weighted by molar-refractivity contribution is 5.24. The van der Waals surface area contributed by atoms with Crippen LogP contribution in [0, 0.1) is 13.8 Å². The largest absolute Gasteiger partial charge is 0.411 e. The molecule has 0 atom stereocenters. The van der Waals surface area contributed by atoms with Crippen molar-refractivity contribution >= 4 is 0 Å². The van der Waals surface area contributed by atoms with Crippen molar-refractivity contribution in [2.45, 2.75) is 33.3 Å². The molecule has 98 valence electrons. The number of ether oxygens (including phenoxy) is 1. The minimum atomic E-state index is -4.30. The van der Waals surface area contributed by atoms with Gasteiger partial charge in [-0.3, -0.25) is 0 Å². The molecule has 0 amide bonds. The summed E-state index contributed by atoms with van der Waals surface area (Å²) in [7, 11) is 1.80. The zero-order valence-corrected chi connectivity index (χ0v) is 10.1. The van der Waals surface area contributed by atoms with Gasteiger partial charge < -0.3 is 10.1 Å². The number of aromatic nitrogens is 2. The fourth-order valence-corrected chi connectivity index (χ4v) is 1.54. The average Bonchev–Trinajstić information content (AvgIpc) is 2.45. The standard InChI is InChI=1S/C10H16F3N3O/c1-7-9(4-14-3)8(2)16(15-7)6-17-5-10(11,12)13/h14H,4-6H2,1-3H3. The Bertz CT molecular complexity index is 374. The van der Waals surface area contributed by atoms with Crippen LogP contribution in [0.2, 0.25) is 0 Å². The van der Waals surface area contributed by atoms with Crippen LogP contribution in [-0.4, -0.2) is 29.6 Å². The predicted molar refractivity (Wildman–Crippen MR) is 56.5 cm³/mol. The van der Waals surface area contributed by atoms with Gasteiger partial charge in [0, 0.05) is 17.8 Å². The van der Waals surface area contributed by atoms with E-state index in [1.165, 1.54) is 4.68 Å². The van der Waals surface area contributed by atoms with Crippen LogP contribution in [0.15, 0.2) is 0 Å². The minimum absolute atomic E-state index is 0.185. The topological polar surface area (TPSA) is 39.1 Å². The second-order valence-electron chi connectivity index (χ2n) is 3.77. The Morgan fingerprint density at radius 2 is 2.00 bits per heavy atom. The lowest BCUT2D eigenvalue weighted by Gasteiger charge is -2.09. The Hall–Kier alpha value is -1.08. The molecule has 1 rings (SSSR count). The molecule has 0 aliphatic rings. The summed E-state index contributed by atoms with van der Waals surface area (Å²) in [5.74, 6) is 0. The Labute approximate surface area is 97.8 Å². The summed E-state index contributed by atoms with van der Waals surface area (Å²) in [5.41, 5.74) is 2.61. The first-order valence-corrected chi connectivity index (χ1v) is 5.17. The van der Waals surface area contributed by atoms with E-state index in [0.717, 1.165) is 17.0 Å². The van der Waals surface area contributed by atoms with E-state index in [1.54, 1.807) is 7.05 Å². The predicted octanol–water partition coefficient (Wildman–Crippen LogP) is 1.76. The molecule has 7 heteroatoms. The van der Waals surface area contributed by atoms with Crippen molar-refractivity contribution in [2.75, 3.05) is 13.7 Å². The third-order valence-corrected chi connectivity index (χ3v) is 2.36. The van der Waals surface area contributed by atoms with E-state index in [1.807, 2.05) is 13.8 Å². The van der Waals surface area contributed by atoms with E-state index in [2.05, 4.69) is 15.2 Å². The molecule has 0 unspecified atom stereocenters. The van der Waals surface area contributed by atoms with Crippen LogP contribution < -0.4 is 5.32 Å². The number of nitrogens with one attached hydrogen (secondary N) is 1. The lowest BCUT2D eigenvalue weighted by Crippen LogP contribution is -2.19. The number of alkyl halides is 3. The molecule has 4 nitrogen and oxygen atoms in total. The van der Waals surface area contributed by atoms with Crippen molar-refractivity contribution in [2.24, 2.45) is 0 Å². The van der Waals surface area contributed by atoms with Crippen molar-refractivity contribution in [3.63, 3.8) is 0 Å². The lowest BCUT2D eigenvalue weighted by molar-refractivity contribution is -0.182. The Kier molecular flexibility index (Phi) is 4.53. The average molecular weight is 251 g/mol. The third-order valence-electron chi connectivity index (χ3n) is 2.36. The number of rotatable bonds is 5. The van der Waals surface area contributed by atoms with Crippen molar-refractivity contribution in [3.8, 4) is 0 Å². The van der Waals surface area contributed by atoms with Crippen LogP contribution in [-0.2, 0) is 18.0 Å². The van der Waals surface area contributed by atoms with Gasteiger partial charge >= 0.3 is 6.18 Å². The molecule has 0 radical (unpaired) electrons. The Balaban J connectivity index is 2.63. The highest BCUT2D eigenvalue weighted by Crippen LogP contribution is 2.16. The van der Waals surface area contributed by atoms with Gasteiger partial charge in [0.05, 0.1) is 5.69 Å². The highest BCUT2D eigenvalue weighted by atomic mass is 19.4. The molecule has 0 bridgehead atoms. The number of hydrogen-bond donors (Lipinski definition) is 1. The zero-order chi connectivity index (χ0) is 13.1. The van der Waals surface area contributed by atoms with Crippen molar-refractivity contribution in [1.82, 2.24) is 15.1 Å². The van der Waals surface area contributed by atoms with Crippen LogP contribution in [0.3, 0.4) is 0 Å². The van der Waals surface area contributed by atoms with E-state index in [-0.39, 0.29) is 6.73 Å². The normalized spacial score (nSPS) is 12.1. The molecular weight excluding hydrogens is 235 g/mol. The fraction of sp³-hybridized carbons (Fsp3) is 0.700. The molecule has 17 heavy (non-hydrogen) atoms. The van der Waals surface area contributed by atoms with Gasteiger partial charge in [0.15, 0.2) is 0 Å². The van der Waals surface area contributed by atoms with E-state index in [4.69, 9.17) is 0 Å². The molecule has 1 heterocycles. The number of hydrogen-bond acceptors (Lipinski definition) is 3. The number of aryl methyl sites for hydroxylation is 1. The van der Waals surface area contributed by atoms with Gasteiger partial charge in [-0.05, 0) is 20.9 Å². The fourth-order valence-electron chi connectivity index (χ4n) is 1.54. The summed E-state index contributed by atoms with van der Waals surface area (Å²) in [6, 6.07) is 0. The van der Waals surface area contributed by atoms with E-state index >= 15 is 0 Å². The molecule has 0 fully saturated rings. The van der Waals surface area contributed by atoms with E-state index in [9.17, 15) is 13.2 Å². The molecule has 0 saturated heterocycles. The smallest absolute Gasteiger partial charge is 0.350 e. The van der Waals surface area contributed by atoms with Gasteiger partial charge in [0.2, 0.25) is 0 Å². The van der Waals surface area contributed by atoms with Crippen LogP contribution >= 0.6 is 0 Å². The van der Waals surface area contributed by atoms with Gasteiger partial charge in [-0.1, -0.05) is 0 Å². The van der Waals surface area contributed by atoms with Crippen LogP contribution in [0.4, 0.5) is 13.2 Å². The monoisotopic (exact) mass is 251 g/mol. The van der Waals surface area contributed by atoms with Crippen molar-refractivity contribution in [3.05, 3.63) is 17.0 Å². The van der Waals surface area contributed by atoms with Crippen LogP contribution in [0.5, 0.6) is 0 Å². The molecule has 0 aliphatic heterocycles. The first-order valence-electron chi connectivity index (χ1n) is 5.17. The first kappa shape index (κ1) is 14.0. The number of nitrogens with zero attached hydrogens (tertiary/aromatic N) is 2. The molecule has 1 aromatic heterocycles. The van der Waals surface area contributed by atoms with Crippen molar-refractivity contribution in [1.29, 1.82) is 0 Å². The second-order valence-corrected chi connectivity index (χ2v) is 3.77. The maximum absolute atomic E-state index is 11.9. The summed E-state index contributed by atoms with van der Waals surface area (Å²) >= 11 is 0. The second kappa shape index (κ2) is 5.50. The molecular formula is C10H16F3N3O. The van der Waals surface area contributed by atoms with Gasteiger partial charge in [0.25, 0.3) is 0 Å². The molecule has 0 aromatic carbocycles. The molecule has 1 aromatic rings. The maximum Gasteiger partial charge on any atom is 0.411 e. The summed E-state index contributed by atoms with van der Waals surface area (Å²) in [4.78, 5) is 0. The quantitative estimate of drug-likeness (QED) is 0.866. The molecule has 0 spiro atoms. The van der Waals surface area contributed by atoms with Crippen LogP contribution in [0.1, 0.15) is 17.0 Å². The third kappa shape index (κ3) is 4.01. The lowest BCUT2D eigenvalue weighted by atomic mass is 10.2. The first-order chi connectivity index (χ1) is 7.85. The van der Waals surface area contributed by atoms with Crippen LogP contribution in [0.25, 0.3) is 0 Å². The highest BCUT2D eigenvalue weighted by Gasteiger charge is 2.27. The van der Waals surface area contributed by atoms with Crippen molar-refractivity contribution < 1.29 is 17.9 Å². The zero-order valence-electron chi connectivity index (χ0n) is 10.1. The number of halogens is 3. The summed E-state index contributed by atoms with van der Waals surface area (Å²) in [5, 5.41) is 7.12. The Morgan fingerprint density at radius 3 is 2.53 bits per heavy atom. The van der Waals surface area contributed by atoms with Gasteiger partial charge in [-0.15, -0.1) is 0 Å². The van der Waals surface area contributed by atoms with Gasteiger partial charge in [-0.2, -0.15) is 18.3 Å². The van der Waals surface area contributed by atoms with E-state index < -0.39 is 12.8 Å². The summed E-state index contributed by atoms with van der Waals surface area (Å²) in [6.07, 6.45) is -4.30. The van der Waals surface area contributed by atoms with E-state index in [0.29, 0.717) is 6.54 Å². The van der Waals surface area contributed by atoms with Gasteiger partial charge in [0.1, 0.15) is 13.3 Å². The maximum atomic E-state index is 11.9. The summed E-state index contributed by atoms with van der Waals surface area (Å²) in [6.45, 7) is 2.82. The van der Waals surface area contributed by atoms with Gasteiger partial charge in [-0.25, -0.2) is 4.68 Å². The Morgan fingerprint density at radius 1 is 1.35 bits per heavy atom. The molecule has 0 saturated carbocycles. The SMILES string of the molecule is CNCc1c(C)nn(COCC(F)(F)F)c1C. The minimum Gasteiger partial charge on any atom is -0.350 e. The molecule has 0 aliphatic carbocycles. The molecule has 1 N–H and O–H groups in total.